The van der Waals surface area contributed by atoms with Crippen LogP contribution in [-0.4, -0.2) is 51.7 Å². The van der Waals surface area contributed by atoms with Crippen molar-refractivity contribution in [2.75, 3.05) is 41.0 Å². The van der Waals surface area contributed by atoms with Gasteiger partial charge in [-0.3, -0.25) is 4.99 Å². The van der Waals surface area contributed by atoms with E-state index in [9.17, 15) is 0 Å². The SMILES string of the molecule is COc1ccc(CCN=C2CC(COc3ccccc3)CN2C)cc1OC. The van der Waals surface area contributed by atoms with Gasteiger partial charge in [-0.1, -0.05) is 24.3 Å². The largest absolute Gasteiger partial charge is 0.493 e. The second-order valence-corrected chi connectivity index (χ2v) is 6.81. The number of para-hydroxylation sites is 1. The lowest BCUT2D eigenvalue weighted by atomic mass is 10.1. The third kappa shape index (κ3) is 5.16. The van der Waals surface area contributed by atoms with Crippen molar-refractivity contribution in [1.82, 2.24) is 4.90 Å². The van der Waals surface area contributed by atoms with E-state index in [0.717, 1.165) is 55.6 Å². The maximum Gasteiger partial charge on any atom is 0.160 e. The van der Waals surface area contributed by atoms with Crippen LogP contribution < -0.4 is 14.2 Å². The van der Waals surface area contributed by atoms with E-state index in [0.29, 0.717) is 5.92 Å². The molecule has 1 saturated heterocycles. The summed E-state index contributed by atoms with van der Waals surface area (Å²) in [7, 11) is 5.42. The number of hydrogen-bond donors (Lipinski definition) is 0. The first-order valence-electron chi connectivity index (χ1n) is 9.32. The molecule has 0 aliphatic carbocycles. The molecule has 1 fully saturated rings. The lowest BCUT2D eigenvalue weighted by molar-refractivity contribution is 0.249. The monoisotopic (exact) mass is 368 g/mol. The molecular formula is C22H28N2O3. The summed E-state index contributed by atoms with van der Waals surface area (Å²) >= 11 is 0. The van der Waals surface area contributed by atoms with Gasteiger partial charge >= 0.3 is 0 Å². The van der Waals surface area contributed by atoms with Gasteiger partial charge < -0.3 is 19.1 Å². The van der Waals surface area contributed by atoms with Crippen molar-refractivity contribution >= 4 is 5.84 Å². The second kappa shape index (κ2) is 9.31. The third-order valence-electron chi connectivity index (χ3n) is 4.82. The average Bonchev–Trinajstić information content (AvgIpc) is 3.06. The Morgan fingerprint density at radius 3 is 2.56 bits per heavy atom. The smallest absolute Gasteiger partial charge is 0.160 e. The Labute approximate surface area is 161 Å². The normalized spacial score (nSPS) is 18.0. The number of aliphatic imine (C=N–C) groups is 1. The van der Waals surface area contributed by atoms with Gasteiger partial charge in [-0.25, -0.2) is 0 Å². The van der Waals surface area contributed by atoms with Crippen LogP contribution >= 0.6 is 0 Å². The zero-order chi connectivity index (χ0) is 19.1. The van der Waals surface area contributed by atoms with Crippen LogP contribution in [0.2, 0.25) is 0 Å². The summed E-state index contributed by atoms with van der Waals surface area (Å²) in [5.74, 6) is 4.09. The van der Waals surface area contributed by atoms with Gasteiger partial charge in [-0.05, 0) is 36.2 Å². The van der Waals surface area contributed by atoms with Gasteiger partial charge in [-0.2, -0.15) is 0 Å². The maximum atomic E-state index is 5.90. The number of benzene rings is 2. The molecule has 1 aliphatic heterocycles. The van der Waals surface area contributed by atoms with Crippen LogP contribution in [-0.2, 0) is 6.42 Å². The predicted molar refractivity (Wildman–Crippen MR) is 108 cm³/mol. The van der Waals surface area contributed by atoms with Crippen molar-refractivity contribution in [2.45, 2.75) is 12.8 Å². The van der Waals surface area contributed by atoms with E-state index >= 15 is 0 Å². The van der Waals surface area contributed by atoms with Gasteiger partial charge in [0.05, 0.1) is 26.7 Å². The molecule has 3 rings (SSSR count). The molecule has 0 bridgehead atoms. The summed E-state index contributed by atoms with van der Waals surface area (Å²) in [6.07, 6.45) is 1.85. The molecule has 144 valence electrons. The lowest BCUT2D eigenvalue weighted by Gasteiger charge is -2.13. The van der Waals surface area contributed by atoms with Crippen LogP contribution in [0.5, 0.6) is 17.2 Å². The third-order valence-corrected chi connectivity index (χ3v) is 4.82. The van der Waals surface area contributed by atoms with Gasteiger partial charge in [-0.15, -0.1) is 0 Å². The van der Waals surface area contributed by atoms with Crippen molar-refractivity contribution in [3.8, 4) is 17.2 Å². The number of hydrogen-bond acceptors (Lipinski definition) is 4. The number of methoxy groups -OCH3 is 2. The molecular weight excluding hydrogens is 340 g/mol. The number of nitrogens with zero attached hydrogens (tertiary/aromatic N) is 2. The minimum atomic E-state index is 0.482. The van der Waals surface area contributed by atoms with Crippen molar-refractivity contribution in [1.29, 1.82) is 0 Å². The van der Waals surface area contributed by atoms with E-state index < -0.39 is 0 Å². The quantitative estimate of drug-likeness (QED) is 0.713. The molecule has 0 amide bonds. The predicted octanol–water partition coefficient (Wildman–Crippen LogP) is 3.68. The molecule has 1 heterocycles. The average molecular weight is 368 g/mol. The first-order chi connectivity index (χ1) is 13.2. The van der Waals surface area contributed by atoms with E-state index in [2.05, 4.69) is 18.0 Å². The molecule has 5 heteroatoms. The number of ether oxygens (including phenoxy) is 3. The number of amidine groups is 1. The van der Waals surface area contributed by atoms with E-state index in [1.807, 2.05) is 42.5 Å². The molecule has 2 aromatic rings. The summed E-state index contributed by atoms with van der Waals surface area (Å²) in [5.41, 5.74) is 1.20. The minimum absolute atomic E-state index is 0.482. The van der Waals surface area contributed by atoms with Crippen LogP contribution in [0.3, 0.4) is 0 Å². The van der Waals surface area contributed by atoms with Crippen LogP contribution in [0.15, 0.2) is 53.5 Å². The zero-order valence-corrected chi connectivity index (χ0v) is 16.4. The first kappa shape index (κ1) is 19.1. The topological polar surface area (TPSA) is 43.3 Å². The van der Waals surface area contributed by atoms with Crippen LogP contribution in [0.4, 0.5) is 0 Å². The Hall–Kier alpha value is -2.69. The van der Waals surface area contributed by atoms with Gasteiger partial charge in [0.1, 0.15) is 5.75 Å². The molecule has 2 aromatic carbocycles. The highest BCUT2D eigenvalue weighted by Crippen LogP contribution is 2.27. The van der Waals surface area contributed by atoms with Crippen molar-refractivity contribution < 1.29 is 14.2 Å². The Kier molecular flexibility index (Phi) is 6.58. The van der Waals surface area contributed by atoms with E-state index in [4.69, 9.17) is 19.2 Å². The Balaban J connectivity index is 1.50. The Morgan fingerprint density at radius 1 is 1.04 bits per heavy atom. The highest BCUT2D eigenvalue weighted by Gasteiger charge is 2.25. The zero-order valence-electron chi connectivity index (χ0n) is 16.4. The van der Waals surface area contributed by atoms with Crippen LogP contribution in [0, 0.1) is 5.92 Å². The Bertz CT molecular complexity index is 761. The molecule has 0 spiro atoms. The van der Waals surface area contributed by atoms with Gasteiger partial charge in [0, 0.05) is 32.5 Å². The standard InChI is InChI=1S/C22H28N2O3/c1-24-15-18(16-27-19-7-5-4-6-8-19)14-22(24)23-12-11-17-9-10-20(25-2)21(13-17)26-3/h4-10,13,18H,11-12,14-16H2,1-3H3. The second-order valence-electron chi connectivity index (χ2n) is 6.81. The molecule has 5 nitrogen and oxygen atoms in total. The molecule has 0 aromatic heterocycles. The fourth-order valence-corrected chi connectivity index (χ4v) is 3.35. The number of likely N-dealkylation sites (tertiary alicyclic amines) is 1. The lowest BCUT2D eigenvalue weighted by Crippen LogP contribution is -2.21. The summed E-state index contributed by atoms with van der Waals surface area (Å²) in [6, 6.07) is 16.0. The highest BCUT2D eigenvalue weighted by atomic mass is 16.5. The highest BCUT2D eigenvalue weighted by molar-refractivity contribution is 5.84. The molecule has 1 unspecified atom stereocenters. The van der Waals surface area contributed by atoms with E-state index in [-0.39, 0.29) is 0 Å². The number of rotatable bonds is 8. The molecule has 0 radical (unpaired) electrons. The summed E-state index contributed by atoms with van der Waals surface area (Å²) in [5, 5.41) is 0. The fourth-order valence-electron chi connectivity index (χ4n) is 3.35. The molecule has 1 atom stereocenters. The van der Waals surface area contributed by atoms with Gasteiger partial charge in [0.15, 0.2) is 11.5 Å². The van der Waals surface area contributed by atoms with Gasteiger partial charge in [0.25, 0.3) is 0 Å². The van der Waals surface area contributed by atoms with E-state index in [1.165, 1.54) is 5.56 Å². The molecule has 0 saturated carbocycles. The molecule has 0 N–H and O–H groups in total. The fraction of sp³-hybridized carbons (Fsp3) is 0.409. The molecule has 27 heavy (non-hydrogen) atoms. The van der Waals surface area contributed by atoms with Crippen molar-refractivity contribution in [3.63, 3.8) is 0 Å². The first-order valence-corrected chi connectivity index (χ1v) is 9.32. The maximum absolute atomic E-state index is 5.90. The molecule has 1 aliphatic rings. The van der Waals surface area contributed by atoms with E-state index in [1.54, 1.807) is 14.2 Å². The van der Waals surface area contributed by atoms with Crippen molar-refractivity contribution in [3.05, 3.63) is 54.1 Å². The minimum Gasteiger partial charge on any atom is -0.493 e. The Morgan fingerprint density at radius 2 is 1.81 bits per heavy atom. The van der Waals surface area contributed by atoms with Crippen LogP contribution in [0.1, 0.15) is 12.0 Å². The summed E-state index contributed by atoms with van der Waals surface area (Å²) < 4.78 is 16.6. The van der Waals surface area contributed by atoms with Crippen molar-refractivity contribution in [2.24, 2.45) is 10.9 Å². The van der Waals surface area contributed by atoms with Crippen LogP contribution in [0.25, 0.3) is 0 Å². The summed E-state index contributed by atoms with van der Waals surface area (Å²) in [6.45, 7) is 2.48. The van der Waals surface area contributed by atoms with Gasteiger partial charge in [0.2, 0.25) is 0 Å². The summed E-state index contributed by atoms with van der Waals surface area (Å²) in [4.78, 5) is 7.06.